The zero-order valence-corrected chi connectivity index (χ0v) is 14.6. The fraction of sp³-hybridized carbons (Fsp3) is 0.350. The molecule has 0 unspecified atom stereocenters. The van der Waals surface area contributed by atoms with Gasteiger partial charge in [0.15, 0.2) is 18.2 Å². The minimum absolute atomic E-state index is 0.0704. The molecule has 132 valence electrons. The van der Waals surface area contributed by atoms with Gasteiger partial charge in [0.05, 0.1) is 6.04 Å². The number of amides is 1. The summed E-state index contributed by atoms with van der Waals surface area (Å²) < 4.78 is 24.9. The maximum Gasteiger partial charge on any atom is 0.258 e. The summed E-state index contributed by atoms with van der Waals surface area (Å²) in [4.78, 5) is 12.3. The molecule has 0 radical (unpaired) electrons. The van der Waals surface area contributed by atoms with E-state index in [1.54, 1.807) is 12.1 Å². The second-order valence-electron chi connectivity index (χ2n) is 6.95. The van der Waals surface area contributed by atoms with Gasteiger partial charge in [-0.3, -0.25) is 4.79 Å². The van der Waals surface area contributed by atoms with Gasteiger partial charge >= 0.3 is 0 Å². The molecule has 1 amide bonds. The molecule has 1 heterocycles. The highest BCUT2D eigenvalue weighted by Crippen LogP contribution is 2.39. The number of fused-ring (bicyclic) bond motifs is 1. The standard InChI is InChI=1S/C20H22FNO3/c1-13-8-9-14-16(11-20(2,3)25-18(14)10-13)22-19(23)12-24-17-7-5-4-6-15(17)21/h4-10,16H,11-12H2,1-3H3,(H,22,23)/t16-/m0/s1. The van der Waals surface area contributed by atoms with E-state index in [2.05, 4.69) is 5.32 Å². The zero-order chi connectivity index (χ0) is 18.0. The third kappa shape index (κ3) is 4.10. The zero-order valence-electron chi connectivity index (χ0n) is 14.6. The molecule has 1 aliphatic rings. The van der Waals surface area contributed by atoms with E-state index in [-0.39, 0.29) is 29.9 Å². The lowest BCUT2D eigenvalue weighted by Gasteiger charge is -2.38. The molecule has 2 aromatic rings. The molecule has 0 saturated carbocycles. The quantitative estimate of drug-likeness (QED) is 0.915. The topological polar surface area (TPSA) is 47.6 Å². The SMILES string of the molecule is Cc1ccc2c(c1)OC(C)(C)C[C@@H]2NC(=O)COc1ccccc1F. The van der Waals surface area contributed by atoms with Gasteiger partial charge in [-0.2, -0.15) is 0 Å². The summed E-state index contributed by atoms with van der Waals surface area (Å²) in [5.41, 5.74) is 1.67. The molecule has 0 fully saturated rings. The van der Waals surface area contributed by atoms with Crippen molar-refractivity contribution in [1.82, 2.24) is 5.32 Å². The van der Waals surface area contributed by atoms with Crippen LogP contribution in [0.25, 0.3) is 0 Å². The van der Waals surface area contributed by atoms with Gasteiger partial charge in [0, 0.05) is 12.0 Å². The smallest absolute Gasteiger partial charge is 0.258 e. The van der Waals surface area contributed by atoms with Gasteiger partial charge in [0.25, 0.3) is 5.91 Å². The van der Waals surface area contributed by atoms with E-state index in [9.17, 15) is 9.18 Å². The molecule has 0 aliphatic carbocycles. The van der Waals surface area contributed by atoms with Gasteiger partial charge in [-0.1, -0.05) is 24.3 Å². The number of carbonyl (C=O) groups is 1. The third-order valence-corrected chi connectivity index (χ3v) is 4.16. The van der Waals surface area contributed by atoms with Gasteiger partial charge in [-0.05, 0) is 44.5 Å². The van der Waals surface area contributed by atoms with Crippen molar-refractivity contribution in [3.8, 4) is 11.5 Å². The van der Waals surface area contributed by atoms with Crippen molar-refractivity contribution in [3.05, 3.63) is 59.4 Å². The van der Waals surface area contributed by atoms with Crippen molar-refractivity contribution in [2.24, 2.45) is 0 Å². The van der Waals surface area contributed by atoms with Crippen LogP contribution < -0.4 is 14.8 Å². The van der Waals surface area contributed by atoms with E-state index >= 15 is 0 Å². The highest BCUT2D eigenvalue weighted by atomic mass is 19.1. The summed E-state index contributed by atoms with van der Waals surface area (Å²) in [6.45, 7) is 5.75. The summed E-state index contributed by atoms with van der Waals surface area (Å²) in [7, 11) is 0. The average molecular weight is 343 g/mol. The number of halogens is 1. The predicted octanol–water partition coefficient (Wildman–Crippen LogP) is 3.93. The monoisotopic (exact) mass is 343 g/mol. The predicted molar refractivity (Wildman–Crippen MR) is 93.3 cm³/mol. The molecule has 4 nitrogen and oxygen atoms in total. The van der Waals surface area contributed by atoms with E-state index < -0.39 is 5.82 Å². The van der Waals surface area contributed by atoms with Crippen LogP contribution in [0.3, 0.4) is 0 Å². The number of carbonyl (C=O) groups excluding carboxylic acids is 1. The molecule has 5 heteroatoms. The maximum atomic E-state index is 13.6. The van der Waals surface area contributed by atoms with Crippen molar-refractivity contribution in [3.63, 3.8) is 0 Å². The normalized spacial score (nSPS) is 18.0. The van der Waals surface area contributed by atoms with Crippen LogP contribution in [0.5, 0.6) is 11.5 Å². The summed E-state index contributed by atoms with van der Waals surface area (Å²) in [5.74, 6) is 0.0818. The minimum atomic E-state index is -0.483. The van der Waals surface area contributed by atoms with Crippen LogP contribution in [0, 0.1) is 12.7 Å². The number of benzene rings is 2. The Hall–Kier alpha value is -2.56. The third-order valence-electron chi connectivity index (χ3n) is 4.16. The van der Waals surface area contributed by atoms with Crippen LogP contribution >= 0.6 is 0 Å². The molecule has 25 heavy (non-hydrogen) atoms. The van der Waals surface area contributed by atoms with Crippen molar-refractivity contribution >= 4 is 5.91 Å². The number of hydrogen-bond acceptors (Lipinski definition) is 3. The first-order valence-corrected chi connectivity index (χ1v) is 8.30. The Morgan fingerprint density at radius 2 is 2.08 bits per heavy atom. The maximum absolute atomic E-state index is 13.6. The first-order chi connectivity index (χ1) is 11.8. The van der Waals surface area contributed by atoms with Gasteiger partial charge < -0.3 is 14.8 Å². The fourth-order valence-electron chi connectivity index (χ4n) is 3.03. The Morgan fingerprint density at radius 3 is 2.84 bits per heavy atom. The van der Waals surface area contributed by atoms with Crippen molar-refractivity contribution in [2.45, 2.75) is 38.8 Å². The second kappa shape index (κ2) is 6.75. The number of rotatable bonds is 4. The molecule has 0 aromatic heterocycles. The molecular weight excluding hydrogens is 321 g/mol. The van der Waals surface area contributed by atoms with Gasteiger partial charge in [0.2, 0.25) is 0 Å². The summed E-state index contributed by atoms with van der Waals surface area (Å²) in [5, 5.41) is 2.97. The molecule has 0 saturated heterocycles. The van der Waals surface area contributed by atoms with Crippen molar-refractivity contribution in [1.29, 1.82) is 0 Å². The minimum Gasteiger partial charge on any atom is -0.487 e. The van der Waals surface area contributed by atoms with E-state index in [0.29, 0.717) is 6.42 Å². The highest BCUT2D eigenvalue weighted by Gasteiger charge is 2.34. The van der Waals surface area contributed by atoms with E-state index in [1.807, 2.05) is 39.0 Å². The first-order valence-electron chi connectivity index (χ1n) is 8.30. The average Bonchev–Trinajstić information content (AvgIpc) is 2.52. The van der Waals surface area contributed by atoms with Crippen LogP contribution in [0.1, 0.15) is 37.4 Å². The van der Waals surface area contributed by atoms with Gasteiger partial charge in [-0.15, -0.1) is 0 Å². The van der Waals surface area contributed by atoms with E-state index in [0.717, 1.165) is 16.9 Å². The molecule has 0 bridgehead atoms. The largest absolute Gasteiger partial charge is 0.487 e. The van der Waals surface area contributed by atoms with E-state index in [4.69, 9.17) is 9.47 Å². The molecule has 0 spiro atoms. The summed E-state index contributed by atoms with van der Waals surface area (Å²) in [6.07, 6.45) is 0.647. The number of aryl methyl sites for hydroxylation is 1. The summed E-state index contributed by atoms with van der Waals surface area (Å²) in [6, 6.07) is 11.8. The lowest BCUT2D eigenvalue weighted by atomic mass is 9.89. The molecule has 1 N–H and O–H groups in total. The first kappa shape index (κ1) is 17.3. The lowest BCUT2D eigenvalue weighted by Crippen LogP contribution is -2.42. The van der Waals surface area contributed by atoms with Gasteiger partial charge in [0.1, 0.15) is 11.4 Å². The number of ether oxygens (including phenoxy) is 2. The highest BCUT2D eigenvalue weighted by molar-refractivity contribution is 5.78. The Kier molecular flexibility index (Phi) is 4.66. The van der Waals surface area contributed by atoms with Crippen LogP contribution in [0.15, 0.2) is 42.5 Å². The van der Waals surface area contributed by atoms with Crippen LogP contribution in [-0.4, -0.2) is 18.1 Å². The van der Waals surface area contributed by atoms with Crippen molar-refractivity contribution < 1.29 is 18.7 Å². The molecule has 1 aliphatic heterocycles. The Bertz CT molecular complexity index is 788. The Morgan fingerprint density at radius 1 is 1.32 bits per heavy atom. The summed E-state index contributed by atoms with van der Waals surface area (Å²) >= 11 is 0. The van der Waals surface area contributed by atoms with Crippen molar-refractivity contribution in [2.75, 3.05) is 6.61 Å². The molecule has 2 aromatic carbocycles. The van der Waals surface area contributed by atoms with Gasteiger partial charge in [-0.25, -0.2) is 4.39 Å². The lowest BCUT2D eigenvalue weighted by molar-refractivity contribution is -0.124. The Balaban J connectivity index is 1.70. The van der Waals surface area contributed by atoms with Crippen LogP contribution in [0.2, 0.25) is 0 Å². The second-order valence-corrected chi connectivity index (χ2v) is 6.95. The number of hydrogen-bond donors (Lipinski definition) is 1. The van der Waals surface area contributed by atoms with Crippen LogP contribution in [0.4, 0.5) is 4.39 Å². The number of para-hydroxylation sites is 1. The fourth-order valence-corrected chi connectivity index (χ4v) is 3.03. The molecular formula is C20H22FNO3. The van der Waals surface area contributed by atoms with E-state index in [1.165, 1.54) is 12.1 Å². The molecule has 1 atom stereocenters. The number of nitrogens with one attached hydrogen (secondary N) is 1. The molecule has 3 rings (SSSR count). The Labute approximate surface area is 147 Å². The van der Waals surface area contributed by atoms with Crippen LogP contribution in [-0.2, 0) is 4.79 Å².